The first-order chi connectivity index (χ1) is 28.6. The van der Waals surface area contributed by atoms with Gasteiger partial charge >= 0.3 is 11.9 Å². The summed E-state index contributed by atoms with van der Waals surface area (Å²) in [5.74, 6) is -0.397. The van der Waals surface area contributed by atoms with E-state index >= 15 is 0 Å². The first-order valence-electron chi connectivity index (χ1n) is 25.9. The molecule has 0 saturated heterocycles. The predicted molar refractivity (Wildman–Crippen MR) is 252 cm³/mol. The van der Waals surface area contributed by atoms with E-state index in [2.05, 4.69) is 45.1 Å². The lowest BCUT2D eigenvalue weighted by atomic mass is 10.0. The minimum absolute atomic E-state index is 0.0854. The maximum atomic E-state index is 12.8. The number of carbonyl (C=O) groups is 2. The van der Waals surface area contributed by atoms with Crippen molar-refractivity contribution in [2.75, 3.05) is 19.8 Å². The van der Waals surface area contributed by atoms with Crippen LogP contribution in [0.1, 0.15) is 278 Å². The molecule has 0 radical (unpaired) electrons. The highest BCUT2D eigenvalue weighted by molar-refractivity contribution is 5.70. The van der Waals surface area contributed by atoms with Gasteiger partial charge < -0.3 is 14.2 Å². The lowest BCUT2D eigenvalue weighted by Crippen LogP contribution is -2.30. The Kier molecular flexibility index (Phi) is 48.4. The summed E-state index contributed by atoms with van der Waals surface area (Å²) in [5.41, 5.74) is 0. The van der Waals surface area contributed by atoms with Crippen LogP contribution in [0.4, 0.5) is 0 Å². The van der Waals surface area contributed by atoms with Crippen LogP contribution in [0.15, 0.2) is 24.3 Å². The molecule has 0 bridgehead atoms. The molecule has 1 atom stereocenters. The number of carbonyl (C=O) groups excluding carboxylic acids is 2. The lowest BCUT2D eigenvalue weighted by Gasteiger charge is -2.18. The SMILES string of the molecule is CCCCC/C=C\C/C=C\CCCCCCCC(=O)OCC(COCCCCCCCCCCCCCCCCCC)OC(=O)CCCCCCCCCCCCC. The molecular weight excluding hydrogens is 717 g/mol. The Balaban J connectivity index is 4.21. The Labute approximate surface area is 362 Å². The van der Waals surface area contributed by atoms with Gasteiger partial charge in [-0.05, 0) is 51.4 Å². The second-order valence-electron chi connectivity index (χ2n) is 17.4. The van der Waals surface area contributed by atoms with Gasteiger partial charge in [-0.2, -0.15) is 0 Å². The van der Waals surface area contributed by atoms with E-state index in [9.17, 15) is 9.59 Å². The van der Waals surface area contributed by atoms with E-state index in [1.165, 1.54) is 193 Å². The van der Waals surface area contributed by atoms with Crippen LogP contribution in [0.3, 0.4) is 0 Å². The molecule has 0 aliphatic rings. The van der Waals surface area contributed by atoms with Crippen LogP contribution < -0.4 is 0 Å². The van der Waals surface area contributed by atoms with Crippen molar-refractivity contribution in [2.45, 2.75) is 284 Å². The smallest absolute Gasteiger partial charge is 0.306 e. The molecule has 5 heteroatoms. The summed E-state index contributed by atoms with van der Waals surface area (Å²) in [6.45, 7) is 7.83. The zero-order valence-corrected chi connectivity index (χ0v) is 39.3. The summed E-state index contributed by atoms with van der Waals surface area (Å²) in [5, 5.41) is 0. The van der Waals surface area contributed by atoms with E-state index in [0.717, 1.165) is 51.4 Å². The minimum atomic E-state index is -0.533. The summed E-state index contributed by atoms with van der Waals surface area (Å²) in [4.78, 5) is 25.3. The summed E-state index contributed by atoms with van der Waals surface area (Å²) < 4.78 is 17.4. The van der Waals surface area contributed by atoms with E-state index in [0.29, 0.717) is 26.1 Å². The molecule has 0 saturated carbocycles. The lowest BCUT2D eigenvalue weighted by molar-refractivity contribution is -0.163. The van der Waals surface area contributed by atoms with Gasteiger partial charge in [-0.25, -0.2) is 0 Å². The monoisotopic (exact) mass is 817 g/mol. The standard InChI is InChI=1S/C53H100O5/c1-4-7-10-13-16-19-22-24-26-28-30-33-36-39-42-45-48-56-49-51(58-53(55)47-44-41-38-35-31-21-18-15-12-9-6-3)50-57-52(54)46-43-40-37-34-32-29-27-25-23-20-17-14-11-8-5-2/h17,20,25,27,51H,4-16,18-19,21-24,26,28-50H2,1-3H3/b20-17-,27-25-. The van der Waals surface area contributed by atoms with Crippen molar-refractivity contribution in [1.29, 1.82) is 0 Å². The van der Waals surface area contributed by atoms with Crippen molar-refractivity contribution in [3.05, 3.63) is 24.3 Å². The fourth-order valence-electron chi connectivity index (χ4n) is 7.60. The summed E-state index contributed by atoms with van der Waals surface area (Å²) in [6.07, 6.45) is 57.5. The fraction of sp³-hybridized carbons (Fsp3) is 0.887. The van der Waals surface area contributed by atoms with Crippen LogP contribution >= 0.6 is 0 Å². The topological polar surface area (TPSA) is 61.8 Å². The zero-order valence-electron chi connectivity index (χ0n) is 39.3. The molecule has 0 aromatic carbocycles. The third-order valence-corrected chi connectivity index (χ3v) is 11.5. The molecule has 342 valence electrons. The molecule has 0 aromatic heterocycles. The molecule has 58 heavy (non-hydrogen) atoms. The highest BCUT2D eigenvalue weighted by Gasteiger charge is 2.17. The fourth-order valence-corrected chi connectivity index (χ4v) is 7.60. The van der Waals surface area contributed by atoms with Crippen LogP contribution in [0.2, 0.25) is 0 Å². The molecule has 0 aromatic rings. The minimum Gasteiger partial charge on any atom is -0.462 e. The molecule has 0 aliphatic carbocycles. The number of allylic oxidation sites excluding steroid dienone is 4. The molecule has 0 amide bonds. The summed E-state index contributed by atoms with van der Waals surface area (Å²) in [7, 11) is 0. The first kappa shape index (κ1) is 56.4. The summed E-state index contributed by atoms with van der Waals surface area (Å²) in [6, 6.07) is 0. The van der Waals surface area contributed by atoms with Gasteiger partial charge in [0.2, 0.25) is 0 Å². The van der Waals surface area contributed by atoms with Crippen molar-refractivity contribution in [3.8, 4) is 0 Å². The molecule has 0 aliphatic heterocycles. The second-order valence-corrected chi connectivity index (χ2v) is 17.4. The molecular formula is C53H100O5. The van der Waals surface area contributed by atoms with Gasteiger partial charge in [0.1, 0.15) is 6.61 Å². The largest absolute Gasteiger partial charge is 0.462 e. The average Bonchev–Trinajstić information content (AvgIpc) is 3.22. The van der Waals surface area contributed by atoms with E-state index in [-0.39, 0.29) is 18.5 Å². The van der Waals surface area contributed by atoms with Crippen LogP contribution in [-0.2, 0) is 23.8 Å². The van der Waals surface area contributed by atoms with Gasteiger partial charge in [-0.1, -0.05) is 238 Å². The van der Waals surface area contributed by atoms with Crippen LogP contribution in [-0.4, -0.2) is 37.9 Å². The molecule has 0 N–H and O–H groups in total. The average molecular weight is 817 g/mol. The van der Waals surface area contributed by atoms with Gasteiger partial charge in [-0.3, -0.25) is 9.59 Å². The third kappa shape index (κ3) is 47.1. The Morgan fingerprint density at radius 2 is 0.724 bits per heavy atom. The van der Waals surface area contributed by atoms with Gasteiger partial charge in [-0.15, -0.1) is 0 Å². The van der Waals surface area contributed by atoms with Gasteiger partial charge in [0, 0.05) is 19.4 Å². The van der Waals surface area contributed by atoms with Crippen molar-refractivity contribution < 1.29 is 23.8 Å². The first-order valence-corrected chi connectivity index (χ1v) is 25.9. The van der Waals surface area contributed by atoms with Crippen molar-refractivity contribution >= 4 is 11.9 Å². The van der Waals surface area contributed by atoms with Crippen LogP contribution in [0, 0.1) is 0 Å². The van der Waals surface area contributed by atoms with E-state index in [1.807, 2.05) is 0 Å². The summed E-state index contributed by atoms with van der Waals surface area (Å²) >= 11 is 0. The highest BCUT2D eigenvalue weighted by atomic mass is 16.6. The maximum absolute atomic E-state index is 12.8. The van der Waals surface area contributed by atoms with Crippen molar-refractivity contribution in [1.82, 2.24) is 0 Å². The Morgan fingerprint density at radius 3 is 1.17 bits per heavy atom. The zero-order chi connectivity index (χ0) is 42.1. The van der Waals surface area contributed by atoms with Gasteiger partial charge in [0.15, 0.2) is 6.10 Å². The van der Waals surface area contributed by atoms with Crippen LogP contribution in [0.25, 0.3) is 0 Å². The van der Waals surface area contributed by atoms with Crippen LogP contribution in [0.5, 0.6) is 0 Å². The Bertz CT molecular complexity index is 882. The Hall–Kier alpha value is -1.62. The number of rotatable bonds is 48. The normalized spacial score (nSPS) is 12.3. The number of hydrogen-bond donors (Lipinski definition) is 0. The maximum Gasteiger partial charge on any atom is 0.306 e. The third-order valence-electron chi connectivity index (χ3n) is 11.5. The highest BCUT2D eigenvalue weighted by Crippen LogP contribution is 2.16. The number of ether oxygens (including phenoxy) is 3. The molecule has 0 heterocycles. The van der Waals surface area contributed by atoms with Crippen molar-refractivity contribution in [2.24, 2.45) is 0 Å². The number of esters is 2. The van der Waals surface area contributed by atoms with E-state index in [1.54, 1.807) is 0 Å². The van der Waals surface area contributed by atoms with Gasteiger partial charge in [0.25, 0.3) is 0 Å². The molecule has 5 nitrogen and oxygen atoms in total. The molecule has 0 fully saturated rings. The second kappa shape index (κ2) is 49.7. The van der Waals surface area contributed by atoms with E-state index in [4.69, 9.17) is 14.2 Å². The molecule has 0 rings (SSSR count). The van der Waals surface area contributed by atoms with Gasteiger partial charge in [0.05, 0.1) is 6.61 Å². The molecule has 0 spiro atoms. The van der Waals surface area contributed by atoms with E-state index < -0.39 is 6.10 Å². The number of unbranched alkanes of at least 4 members (excludes halogenated alkanes) is 33. The molecule has 1 unspecified atom stereocenters. The van der Waals surface area contributed by atoms with Crippen molar-refractivity contribution in [3.63, 3.8) is 0 Å². The quantitative estimate of drug-likeness (QED) is 0.0348. The Morgan fingerprint density at radius 1 is 0.379 bits per heavy atom. The predicted octanol–water partition coefficient (Wildman–Crippen LogP) is 17.2. The number of hydrogen-bond acceptors (Lipinski definition) is 5.